The Hall–Kier alpha value is -0.713. The first-order valence-corrected chi connectivity index (χ1v) is 4.25. The van der Waals surface area contributed by atoms with Gasteiger partial charge >= 0.3 is 24.8 Å². The average molecular weight is 186 g/mol. The van der Waals surface area contributed by atoms with Gasteiger partial charge in [0.05, 0.1) is 6.42 Å². The molecule has 0 aliphatic rings. The summed E-state index contributed by atoms with van der Waals surface area (Å²) < 4.78 is 0. The van der Waals surface area contributed by atoms with Gasteiger partial charge in [-0.05, 0) is 5.56 Å². The minimum atomic E-state index is -0.786. The number of carboxylic acids is 1. The molecule has 2 nitrogen and oxygen atoms in total. The molecule has 1 aromatic carbocycles. The van der Waals surface area contributed by atoms with E-state index >= 15 is 0 Å². The van der Waals surface area contributed by atoms with Gasteiger partial charge in [0.25, 0.3) is 0 Å². The van der Waals surface area contributed by atoms with E-state index in [0.29, 0.717) is 0 Å². The largest absolute Gasteiger partial charge is 1.00 e. The van der Waals surface area contributed by atoms with Gasteiger partial charge in [-0.15, -0.1) is 0 Å². The average Bonchev–Trinajstić information content (AvgIpc) is 2.06. The molecule has 72 valence electrons. The Morgan fingerprint density at radius 3 is 2.14 bits per heavy atom. The van der Waals surface area contributed by atoms with Gasteiger partial charge in [-0.3, -0.25) is 4.79 Å². The third kappa shape index (κ3) is 9.38. The van der Waals surface area contributed by atoms with E-state index in [4.69, 9.17) is 5.11 Å². The van der Waals surface area contributed by atoms with Crippen LogP contribution < -0.4 is 18.9 Å². The molecule has 0 fully saturated rings. The number of carbonyl (C=O) groups is 1. The third-order valence-electron chi connectivity index (χ3n) is 1.20. The molecule has 0 aromatic heterocycles. The first kappa shape index (κ1) is 15.7. The third-order valence-corrected chi connectivity index (χ3v) is 1.20. The molecule has 0 aliphatic carbocycles. The maximum Gasteiger partial charge on any atom is 1.00 e. The fourth-order valence-corrected chi connectivity index (χ4v) is 0.770. The van der Waals surface area contributed by atoms with Crippen LogP contribution in [0.15, 0.2) is 30.3 Å². The fraction of sp³-hybridized carbons (Fsp3) is 0.273. The summed E-state index contributed by atoms with van der Waals surface area (Å²) in [5.74, 6) is -0.786. The molecule has 1 rings (SSSR count). The van der Waals surface area contributed by atoms with Gasteiger partial charge in [0.2, 0.25) is 0 Å². The zero-order valence-corrected chi connectivity index (χ0v) is 8.86. The Bertz CT molecular complexity index is 234. The molecular formula is C11H15LiO2. The number of rotatable bonds is 2. The van der Waals surface area contributed by atoms with Crippen molar-refractivity contribution in [1.82, 2.24) is 0 Å². The summed E-state index contributed by atoms with van der Waals surface area (Å²) in [6, 6.07) is 9.13. The minimum Gasteiger partial charge on any atom is -0.481 e. The molecule has 1 N–H and O–H groups in total. The van der Waals surface area contributed by atoms with Gasteiger partial charge in [0.1, 0.15) is 0 Å². The second kappa shape index (κ2) is 10.4. The molecule has 1 aromatic rings. The Labute approximate surface area is 97.5 Å². The van der Waals surface area contributed by atoms with Gasteiger partial charge in [-0.2, -0.15) is 6.42 Å². The first-order valence-electron chi connectivity index (χ1n) is 4.25. The summed E-state index contributed by atoms with van der Waals surface area (Å²) in [6.07, 6.45) is 1.11. The molecule has 0 bridgehead atoms. The van der Waals surface area contributed by atoms with Crippen molar-refractivity contribution in [3.05, 3.63) is 42.8 Å². The molecule has 14 heavy (non-hydrogen) atoms. The number of hydrogen-bond acceptors (Lipinski definition) is 1. The monoisotopic (exact) mass is 186 g/mol. The Morgan fingerprint density at radius 2 is 1.79 bits per heavy atom. The zero-order chi connectivity index (χ0) is 10.1. The second-order valence-electron chi connectivity index (χ2n) is 2.56. The Balaban J connectivity index is 0. The molecule has 0 aliphatic heterocycles. The number of benzene rings is 1. The van der Waals surface area contributed by atoms with Crippen LogP contribution in [0, 0.1) is 6.92 Å². The standard InChI is InChI=1S/C8H8O2.C3H7.Li/c9-8(10)6-7-4-2-1-3-5-7;1-3-2;/h1-5H,6H2,(H,9,10);1,3H2,2H3;/q;-1;+1. The van der Waals surface area contributed by atoms with Gasteiger partial charge < -0.3 is 12.0 Å². The molecular weight excluding hydrogens is 171 g/mol. The SMILES string of the molecule is O=C(O)Cc1ccccc1.[CH2-]CC.[Li+]. The molecule has 0 heterocycles. The van der Waals surface area contributed by atoms with E-state index in [9.17, 15) is 4.79 Å². The van der Waals surface area contributed by atoms with E-state index in [1.165, 1.54) is 0 Å². The van der Waals surface area contributed by atoms with Crippen LogP contribution in [0.5, 0.6) is 0 Å². The molecule has 0 saturated carbocycles. The molecule has 0 unspecified atom stereocenters. The summed E-state index contributed by atoms with van der Waals surface area (Å²) in [7, 11) is 0. The van der Waals surface area contributed by atoms with Crippen molar-refractivity contribution in [2.24, 2.45) is 0 Å². The van der Waals surface area contributed by atoms with E-state index in [0.717, 1.165) is 12.0 Å². The van der Waals surface area contributed by atoms with Gasteiger partial charge in [-0.25, -0.2) is 0 Å². The molecule has 0 amide bonds. The van der Waals surface area contributed by atoms with Crippen LogP contribution in [0.3, 0.4) is 0 Å². The normalized spacial score (nSPS) is 7.86. The van der Waals surface area contributed by atoms with E-state index in [1.54, 1.807) is 12.1 Å². The number of hydrogen-bond donors (Lipinski definition) is 1. The molecule has 0 atom stereocenters. The summed E-state index contributed by atoms with van der Waals surface area (Å²) in [4.78, 5) is 10.2. The van der Waals surface area contributed by atoms with Crippen LogP contribution in [-0.4, -0.2) is 11.1 Å². The fourth-order valence-electron chi connectivity index (χ4n) is 0.770. The first-order chi connectivity index (χ1) is 6.20. The van der Waals surface area contributed by atoms with E-state index in [2.05, 4.69) is 6.92 Å². The van der Waals surface area contributed by atoms with Crippen molar-refractivity contribution in [2.45, 2.75) is 19.8 Å². The topological polar surface area (TPSA) is 37.3 Å². The van der Waals surface area contributed by atoms with E-state index in [1.807, 2.05) is 25.1 Å². The van der Waals surface area contributed by atoms with Crippen LogP contribution in [0.25, 0.3) is 0 Å². The smallest absolute Gasteiger partial charge is 0.481 e. The minimum absolute atomic E-state index is 0. The maximum absolute atomic E-state index is 10.2. The van der Waals surface area contributed by atoms with E-state index in [-0.39, 0.29) is 25.3 Å². The quantitative estimate of drug-likeness (QED) is 0.501. The molecule has 0 saturated heterocycles. The summed E-state index contributed by atoms with van der Waals surface area (Å²) in [6.45, 7) is 5.50. The number of carboxylic acid groups (broad SMARTS) is 1. The van der Waals surface area contributed by atoms with Gasteiger partial charge in [-0.1, -0.05) is 37.3 Å². The molecule has 3 heteroatoms. The van der Waals surface area contributed by atoms with Crippen molar-refractivity contribution in [3.8, 4) is 0 Å². The Morgan fingerprint density at radius 1 is 1.36 bits per heavy atom. The van der Waals surface area contributed by atoms with Crippen molar-refractivity contribution in [2.75, 3.05) is 0 Å². The van der Waals surface area contributed by atoms with Crippen molar-refractivity contribution >= 4 is 5.97 Å². The summed E-state index contributed by atoms with van der Waals surface area (Å²) in [5, 5.41) is 8.37. The van der Waals surface area contributed by atoms with Gasteiger partial charge in [0.15, 0.2) is 0 Å². The maximum atomic E-state index is 10.2. The van der Waals surface area contributed by atoms with Crippen LogP contribution in [0.1, 0.15) is 18.9 Å². The predicted octanol–water partition coefficient (Wildman–Crippen LogP) is -0.452. The summed E-state index contributed by atoms with van der Waals surface area (Å²) in [5.41, 5.74) is 0.843. The van der Waals surface area contributed by atoms with Gasteiger partial charge in [0, 0.05) is 0 Å². The van der Waals surface area contributed by atoms with Crippen molar-refractivity contribution in [3.63, 3.8) is 0 Å². The number of aliphatic carboxylic acids is 1. The van der Waals surface area contributed by atoms with Crippen LogP contribution >= 0.6 is 0 Å². The summed E-state index contributed by atoms with van der Waals surface area (Å²) >= 11 is 0. The molecule has 0 radical (unpaired) electrons. The van der Waals surface area contributed by atoms with Crippen LogP contribution in [0.4, 0.5) is 0 Å². The van der Waals surface area contributed by atoms with E-state index < -0.39 is 5.97 Å². The second-order valence-corrected chi connectivity index (χ2v) is 2.56. The molecule has 0 spiro atoms. The van der Waals surface area contributed by atoms with Crippen LogP contribution in [0.2, 0.25) is 0 Å². The Kier molecular flexibility index (Phi) is 11.7. The van der Waals surface area contributed by atoms with Crippen molar-refractivity contribution in [1.29, 1.82) is 0 Å². The van der Waals surface area contributed by atoms with Crippen LogP contribution in [-0.2, 0) is 11.2 Å². The van der Waals surface area contributed by atoms with Crippen molar-refractivity contribution < 1.29 is 28.8 Å². The zero-order valence-electron chi connectivity index (χ0n) is 8.86. The predicted molar refractivity (Wildman–Crippen MR) is 53.4 cm³/mol.